The molecule has 4 nitrogen and oxygen atoms in total. The van der Waals surface area contributed by atoms with Crippen LogP contribution in [0.5, 0.6) is 0 Å². The van der Waals surface area contributed by atoms with Crippen molar-refractivity contribution in [1.29, 1.82) is 0 Å². The fraction of sp³-hybridized carbons (Fsp3) is 0.636. The van der Waals surface area contributed by atoms with Gasteiger partial charge in [0.05, 0.1) is 30.0 Å². The van der Waals surface area contributed by atoms with Gasteiger partial charge in [0, 0.05) is 5.92 Å². The molecule has 1 aliphatic carbocycles. The van der Waals surface area contributed by atoms with Crippen LogP contribution in [0.1, 0.15) is 36.4 Å². The maximum Gasteiger partial charge on any atom is 0.161 e. The minimum atomic E-state index is -0.188. The summed E-state index contributed by atoms with van der Waals surface area (Å²) in [7, 11) is 0. The number of nitrogens with zero attached hydrogens (tertiary/aromatic N) is 2. The monoisotopic (exact) mass is 318 g/mol. The number of halogens is 2. The van der Waals surface area contributed by atoms with Crippen LogP contribution in [0.15, 0.2) is 4.47 Å². The van der Waals surface area contributed by atoms with Gasteiger partial charge in [0.25, 0.3) is 0 Å². The summed E-state index contributed by atoms with van der Waals surface area (Å²) in [6, 6.07) is 0. The number of hydrogen-bond acceptors (Lipinski definition) is 4. The second-order valence-corrected chi connectivity index (χ2v) is 5.43. The van der Waals surface area contributed by atoms with Crippen LogP contribution < -0.4 is 0 Å². The van der Waals surface area contributed by atoms with Crippen molar-refractivity contribution in [3.05, 3.63) is 21.1 Å². The summed E-state index contributed by atoms with van der Waals surface area (Å²) in [6.07, 6.45) is 2.16. The van der Waals surface area contributed by atoms with Gasteiger partial charge in [-0.3, -0.25) is 0 Å². The Labute approximate surface area is 113 Å². The predicted octanol–water partition coefficient (Wildman–Crippen LogP) is 2.86. The smallest absolute Gasteiger partial charge is 0.161 e. The van der Waals surface area contributed by atoms with E-state index < -0.39 is 0 Å². The molecule has 0 bridgehead atoms. The van der Waals surface area contributed by atoms with Crippen LogP contribution in [0.3, 0.4) is 0 Å². The molecule has 6 heteroatoms. The van der Waals surface area contributed by atoms with E-state index >= 15 is 0 Å². The second-order valence-electron chi connectivity index (χ2n) is 4.28. The molecule has 2 fully saturated rings. The molecule has 1 saturated heterocycles. The first-order chi connectivity index (χ1) is 8.25. The molecule has 0 N–H and O–H groups in total. The minimum Gasteiger partial charge on any atom is -0.376 e. The third kappa shape index (κ3) is 2.47. The molecule has 1 aromatic rings. The normalized spacial score (nSPS) is 24.9. The molecule has 1 unspecified atom stereocenters. The second kappa shape index (κ2) is 4.80. The lowest BCUT2D eigenvalue weighted by atomic mass is 10.2. The van der Waals surface area contributed by atoms with Gasteiger partial charge in [-0.1, -0.05) is 11.6 Å². The summed E-state index contributed by atoms with van der Waals surface area (Å²) < 4.78 is 11.8. The van der Waals surface area contributed by atoms with Crippen LogP contribution in [-0.2, 0) is 9.47 Å². The molecule has 1 atom stereocenters. The molecule has 0 spiro atoms. The van der Waals surface area contributed by atoms with Crippen molar-refractivity contribution in [1.82, 2.24) is 9.97 Å². The summed E-state index contributed by atoms with van der Waals surface area (Å²) in [5, 5.41) is 0.464. The topological polar surface area (TPSA) is 44.2 Å². The predicted molar refractivity (Wildman–Crippen MR) is 66.2 cm³/mol. The zero-order valence-corrected chi connectivity index (χ0v) is 11.5. The molecule has 17 heavy (non-hydrogen) atoms. The molecule has 0 aromatic carbocycles. The molecular formula is C11H12BrClN2O2. The Balaban J connectivity index is 1.93. The van der Waals surface area contributed by atoms with Gasteiger partial charge < -0.3 is 9.47 Å². The average molecular weight is 320 g/mol. The lowest BCUT2D eigenvalue weighted by molar-refractivity contribution is -0.0936. The quantitative estimate of drug-likeness (QED) is 0.786. The van der Waals surface area contributed by atoms with Gasteiger partial charge in [0.1, 0.15) is 11.3 Å². The van der Waals surface area contributed by atoms with Gasteiger partial charge in [0.15, 0.2) is 5.82 Å². The van der Waals surface area contributed by atoms with E-state index in [1.165, 1.54) is 12.8 Å². The molecule has 92 valence electrons. The summed E-state index contributed by atoms with van der Waals surface area (Å²) >= 11 is 9.57. The molecule has 0 amide bonds. The van der Waals surface area contributed by atoms with Crippen molar-refractivity contribution < 1.29 is 9.47 Å². The van der Waals surface area contributed by atoms with Crippen molar-refractivity contribution in [3.63, 3.8) is 0 Å². The lowest BCUT2D eigenvalue weighted by Gasteiger charge is -2.22. The molecule has 1 aromatic heterocycles. The van der Waals surface area contributed by atoms with Gasteiger partial charge in [-0.05, 0) is 28.8 Å². The SMILES string of the molecule is Clc1nc(C2COCCO2)nc(C2CC2)c1Br. The first-order valence-corrected chi connectivity index (χ1v) is 6.85. The van der Waals surface area contributed by atoms with Crippen LogP contribution in [-0.4, -0.2) is 29.8 Å². The third-order valence-electron chi connectivity index (χ3n) is 2.92. The molecule has 1 aliphatic heterocycles. The highest BCUT2D eigenvalue weighted by Crippen LogP contribution is 2.44. The van der Waals surface area contributed by atoms with Crippen molar-refractivity contribution in [2.45, 2.75) is 24.9 Å². The highest BCUT2D eigenvalue weighted by molar-refractivity contribution is 9.10. The fourth-order valence-corrected chi connectivity index (χ4v) is 2.55. The molecule has 2 aliphatic rings. The Morgan fingerprint density at radius 2 is 2.06 bits per heavy atom. The van der Waals surface area contributed by atoms with Gasteiger partial charge in [0.2, 0.25) is 0 Å². The van der Waals surface area contributed by atoms with Crippen molar-refractivity contribution >= 4 is 27.5 Å². The number of ether oxygens (including phenoxy) is 2. The van der Waals surface area contributed by atoms with E-state index in [-0.39, 0.29) is 6.10 Å². The van der Waals surface area contributed by atoms with E-state index in [1.54, 1.807) is 0 Å². The van der Waals surface area contributed by atoms with Crippen molar-refractivity contribution in [2.24, 2.45) is 0 Å². The fourth-order valence-electron chi connectivity index (χ4n) is 1.86. The van der Waals surface area contributed by atoms with Crippen LogP contribution in [0, 0.1) is 0 Å². The molecule has 0 radical (unpaired) electrons. The summed E-state index contributed by atoms with van der Waals surface area (Å²) in [5.41, 5.74) is 1.01. The van der Waals surface area contributed by atoms with Gasteiger partial charge in [-0.2, -0.15) is 0 Å². The number of aromatic nitrogens is 2. The van der Waals surface area contributed by atoms with Gasteiger partial charge >= 0.3 is 0 Å². The minimum absolute atomic E-state index is 0.188. The Kier molecular flexibility index (Phi) is 3.34. The lowest BCUT2D eigenvalue weighted by Crippen LogP contribution is -2.24. The standard InChI is InChI=1S/C11H12BrClN2O2/c12-8-9(6-1-2-6)14-11(15-10(8)13)7-5-16-3-4-17-7/h6-7H,1-5H2. The van der Waals surface area contributed by atoms with Crippen molar-refractivity contribution in [3.8, 4) is 0 Å². The van der Waals surface area contributed by atoms with E-state index in [1.807, 2.05) is 0 Å². The van der Waals surface area contributed by atoms with E-state index in [0.717, 1.165) is 10.2 Å². The Morgan fingerprint density at radius 3 is 2.71 bits per heavy atom. The third-order valence-corrected chi connectivity index (χ3v) is 4.21. The van der Waals surface area contributed by atoms with Crippen LogP contribution in [0.4, 0.5) is 0 Å². The van der Waals surface area contributed by atoms with E-state index in [4.69, 9.17) is 21.1 Å². The van der Waals surface area contributed by atoms with Crippen LogP contribution in [0.2, 0.25) is 5.15 Å². The number of rotatable bonds is 2. The van der Waals surface area contributed by atoms with E-state index in [9.17, 15) is 0 Å². The zero-order chi connectivity index (χ0) is 11.8. The van der Waals surface area contributed by atoms with Gasteiger partial charge in [-0.15, -0.1) is 0 Å². The summed E-state index contributed by atoms with van der Waals surface area (Å²) in [4.78, 5) is 8.84. The Hall–Kier alpha value is -0.230. The largest absolute Gasteiger partial charge is 0.376 e. The first-order valence-electron chi connectivity index (χ1n) is 5.68. The summed E-state index contributed by atoms with van der Waals surface area (Å²) in [5.74, 6) is 1.16. The average Bonchev–Trinajstić information content (AvgIpc) is 3.18. The highest BCUT2D eigenvalue weighted by atomic mass is 79.9. The van der Waals surface area contributed by atoms with E-state index in [0.29, 0.717) is 36.7 Å². The highest BCUT2D eigenvalue weighted by Gasteiger charge is 2.31. The first kappa shape index (κ1) is 11.8. The maximum atomic E-state index is 6.12. The molecule has 1 saturated carbocycles. The van der Waals surface area contributed by atoms with Crippen LogP contribution >= 0.6 is 27.5 Å². The van der Waals surface area contributed by atoms with Crippen molar-refractivity contribution in [2.75, 3.05) is 19.8 Å². The Morgan fingerprint density at radius 1 is 1.24 bits per heavy atom. The van der Waals surface area contributed by atoms with Gasteiger partial charge in [-0.25, -0.2) is 9.97 Å². The summed E-state index contributed by atoms with van der Waals surface area (Å²) in [6.45, 7) is 1.72. The Bertz CT molecular complexity index is 434. The molecule has 2 heterocycles. The van der Waals surface area contributed by atoms with Crippen LogP contribution in [0.25, 0.3) is 0 Å². The maximum absolute atomic E-state index is 6.12. The molecule has 3 rings (SSSR count). The number of hydrogen-bond donors (Lipinski definition) is 0. The zero-order valence-electron chi connectivity index (χ0n) is 9.16. The molecular weight excluding hydrogens is 307 g/mol. The van der Waals surface area contributed by atoms with E-state index in [2.05, 4.69) is 25.9 Å².